The summed E-state index contributed by atoms with van der Waals surface area (Å²) < 4.78 is 0. The van der Waals surface area contributed by atoms with Crippen LogP contribution in [0.5, 0.6) is 5.75 Å². The lowest BCUT2D eigenvalue weighted by molar-refractivity contribution is -0.118. The van der Waals surface area contributed by atoms with Crippen LogP contribution in [-0.2, 0) is 10.2 Å². The van der Waals surface area contributed by atoms with Crippen molar-refractivity contribution < 1.29 is 9.90 Å². The van der Waals surface area contributed by atoms with Crippen LogP contribution < -0.4 is 11.1 Å². The Kier molecular flexibility index (Phi) is 1.17. The first-order valence-corrected chi connectivity index (χ1v) is 4.56. The fraction of sp³-hybridized carbons (Fsp3) is 0.300. The van der Waals surface area contributed by atoms with Crippen molar-refractivity contribution in [1.29, 1.82) is 0 Å². The number of aromatic hydroxyl groups is 1. The lowest BCUT2D eigenvalue weighted by Gasteiger charge is -2.05. The van der Waals surface area contributed by atoms with Crippen molar-refractivity contribution in [3.63, 3.8) is 0 Å². The molecule has 1 fully saturated rings. The van der Waals surface area contributed by atoms with Crippen molar-refractivity contribution in [2.75, 3.05) is 5.32 Å². The standard InChI is InChI=1S/C10H10N2O2/c11-7-4-10(7)5-2-1-3-6(13)8(5)12-9(10)14/h1-3,7,13H,4,11H2,(H,12,14). The number of nitrogens with one attached hydrogen (secondary N) is 1. The van der Waals surface area contributed by atoms with Gasteiger partial charge in [0.15, 0.2) is 0 Å². The maximum atomic E-state index is 11.7. The third kappa shape index (κ3) is 0.665. The first-order chi connectivity index (χ1) is 6.66. The normalized spacial score (nSPS) is 32.9. The largest absolute Gasteiger partial charge is 0.506 e. The molecule has 2 unspecified atom stereocenters. The first kappa shape index (κ1) is 7.82. The highest BCUT2D eigenvalue weighted by atomic mass is 16.3. The fourth-order valence-corrected chi connectivity index (χ4v) is 2.25. The zero-order valence-corrected chi connectivity index (χ0v) is 7.45. The smallest absolute Gasteiger partial charge is 0.236 e. The molecule has 1 aliphatic heterocycles. The van der Waals surface area contributed by atoms with E-state index in [9.17, 15) is 9.90 Å². The van der Waals surface area contributed by atoms with Gasteiger partial charge in [0.05, 0.1) is 11.1 Å². The minimum atomic E-state index is -0.548. The molecular formula is C10H10N2O2. The summed E-state index contributed by atoms with van der Waals surface area (Å²) in [6, 6.07) is 5.04. The molecule has 0 bridgehead atoms. The van der Waals surface area contributed by atoms with Gasteiger partial charge < -0.3 is 16.2 Å². The van der Waals surface area contributed by atoms with Crippen LogP contribution in [0.1, 0.15) is 12.0 Å². The SMILES string of the molecule is NC1CC12C(=O)Nc1c(O)cccc12. The van der Waals surface area contributed by atoms with Crippen molar-refractivity contribution in [1.82, 2.24) is 0 Å². The van der Waals surface area contributed by atoms with Gasteiger partial charge in [0.25, 0.3) is 0 Å². The molecule has 1 saturated carbocycles. The number of rotatable bonds is 0. The molecule has 72 valence electrons. The second-order valence-corrected chi connectivity index (χ2v) is 3.94. The monoisotopic (exact) mass is 190 g/mol. The van der Waals surface area contributed by atoms with E-state index in [0.717, 1.165) is 5.56 Å². The average Bonchev–Trinajstić information content (AvgIpc) is 2.73. The molecule has 1 aromatic carbocycles. The van der Waals surface area contributed by atoms with Crippen LogP contribution >= 0.6 is 0 Å². The van der Waals surface area contributed by atoms with Gasteiger partial charge in [0.2, 0.25) is 5.91 Å². The van der Waals surface area contributed by atoms with Crippen molar-refractivity contribution >= 4 is 11.6 Å². The van der Waals surface area contributed by atoms with Crippen LogP contribution in [0.3, 0.4) is 0 Å². The summed E-state index contributed by atoms with van der Waals surface area (Å²) in [4.78, 5) is 11.7. The number of para-hydroxylation sites is 1. The molecule has 2 aliphatic rings. The maximum Gasteiger partial charge on any atom is 0.236 e. The molecule has 1 heterocycles. The van der Waals surface area contributed by atoms with Gasteiger partial charge in [-0.3, -0.25) is 4.79 Å². The van der Waals surface area contributed by atoms with E-state index in [4.69, 9.17) is 5.73 Å². The molecule has 4 N–H and O–H groups in total. The van der Waals surface area contributed by atoms with E-state index in [1.165, 1.54) is 0 Å². The molecule has 0 radical (unpaired) electrons. The molecular weight excluding hydrogens is 180 g/mol. The number of phenolic OH excluding ortho intramolecular Hbond substituents is 1. The van der Waals surface area contributed by atoms with E-state index < -0.39 is 5.41 Å². The Hall–Kier alpha value is -1.55. The minimum absolute atomic E-state index is 0.0819. The van der Waals surface area contributed by atoms with Gasteiger partial charge in [-0.15, -0.1) is 0 Å². The van der Waals surface area contributed by atoms with Gasteiger partial charge in [-0.05, 0) is 18.1 Å². The summed E-state index contributed by atoms with van der Waals surface area (Å²) in [6.45, 7) is 0. The van der Waals surface area contributed by atoms with E-state index in [-0.39, 0.29) is 17.7 Å². The van der Waals surface area contributed by atoms with Crippen LogP contribution in [0.4, 0.5) is 5.69 Å². The van der Waals surface area contributed by atoms with E-state index in [1.807, 2.05) is 6.07 Å². The lowest BCUT2D eigenvalue weighted by Crippen LogP contribution is -2.26. The van der Waals surface area contributed by atoms with Crippen LogP contribution in [0, 0.1) is 0 Å². The fourth-order valence-electron chi connectivity index (χ4n) is 2.25. The zero-order chi connectivity index (χ0) is 9.92. The Morgan fingerprint density at radius 1 is 1.57 bits per heavy atom. The molecule has 1 amide bonds. The number of carbonyl (C=O) groups is 1. The molecule has 0 aromatic heterocycles. The Labute approximate surface area is 80.7 Å². The number of anilines is 1. The van der Waals surface area contributed by atoms with E-state index in [2.05, 4.69) is 5.32 Å². The Bertz CT molecular complexity index is 444. The highest BCUT2D eigenvalue weighted by Crippen LogP contribution is 2.55. The van der Waals surface area contributed by atoms with E-state index >= 15 is 0 Å². The highest BCUT2D eigenvalue weighted by molar-refractivity contribution is 6.10. The molecule has 14 heavy (non-hydrogen) atoms. The Morgan fingerprint density at radius 3 is 2.93 bits per heavy atom. The Morgan fingerprint density at radius 2 is 2.29 bits per heavy atom. The third-order valence-corrected chi connectivity index (χ3v) is 3.18. The van der Waals surface area contributed by atoms with Gasteiger partial charge in [0.1, 0.15) is 5.75 Å². The molecule has 4 heteroatoms. The predicted octanol–water partition coefficient (Wildman–Crippen LogP) is 0.313. The summed E-state index contributed by atoms with van der Waals surface area (Å²) in [5, 5.41) is 12.2. The molecule has 1 aliphatic carbocycles. The van der Waals surface area contributed by atoms with Crippen LogP contribution in [0.2, 0.25) is 0 Å². The lowest BCUT2D eigenvalue weighted by atomic mass is 9.97. The van der Waals surface area contributed by atoms with Crippen LogP contribution in [0.15, 0.2) is 18.2 Å². The predicted molar refractivity (Wildman–Crippen MR) is 51.0 cm³/mol. The topological polar surface area (TPSA) is 75.4 Å². The van der Waals surface area contributed by atoms with Gasteiger partial charge >= 0.3 is 0 Å². The van der Waals surface area contributed by atoms with Gasteiger partial charge in [-0.2, -0.15) is 0 Å². The molecule has 1 aromatic rings. The number of carbonyl (C=O) groups excluding carboxylic acids is 1. The first-order valence-electron chi connectivity index (χ1n) is 4.56. The number of hydrogen-bond acceptors (Lipinski definition) is 3. The van der Waals surface area contributed by atoms with Gasteiger partial charge in [-0.1, -0.05) is 12.1 Å². The van der Waals surface area contributed by atoms with Crippen molar-refractivity contribution in [3.8, 4) is 5.75 Å². The second kappa shape index (κ2) is 2.09. The molecule has 2 atom stereocenters. The number of nitrogens with two attached hydrogens (primary N) is 1. The summed E-state index contributed by atoms with van der Waals surface area (Å²) in [7, 11) is 0. The van der Waals surface area contributed by atoms with E-state index in [1.54, 1.807) is 12.1 Å². The van der Waals surface area contributed by atoms with Crippen molar-refractivity contribution in [2.24, 2.45) is 5.73 Å². The van der Waals surface area contributed by atoms with Gasteiger partial charge in [-0.25, -0.2) is 0 Å². The van der Waals surface area contributed by atoms with Gasteiger partial charge in [0, 0.05) is 6.04 Å². The number of benzene rings is 1. The summed E-state index contributed by atoms with van der Waals surface area (Å²) >= 11 is 0. The molecule has 1 spiro atoms. The van der Waals surface area contributed by atoms with Crippen LogP contribution in [-0.4, -0.2) is 17.1 Å². The number of hydrogen-bond donors (Lipinski definition) is 3. The average molecular weight is 190 g/mol. The minimum Gasteiger partial charge on any atom is -0.506 e. The third-order valence-electron chi connectivity index (χ3n) is 3.18. The summed E-state index contributed by atoms with van der Waals surface area (Å²) in [5.74, 6) is 0.0355. The molecule has 4 nitrogen and oxygen atoms in total. The second-order valence-electron chi connectivity index (χ2n) is 3.94. The maximum absolute atomic E-state index is 11.7. The van der Waals surface area contributed by atoms with E-state index in [0.29, 0.717) is 12.1 Å². The van der Waals surface area contributed by atoms with Crippen molar-refractivity contribution in [2.45, 2.75) is 17.9 Å². The molecule has 0 saturated heterocycles. The number of amides is 1. The number of phenols is 1. The Balaban J connectivity index is 2.24. The van der Waals surface area contributed by atoms with Crippen LogP contribution in [0.25, 0.3) is 0 Å². The summed E-state index contributed by atoms with van der Waals surface area (Å²) in [6.07, 6.45) is 0.676. The quantitative estimate of drug-likeness (QED) is 0.515. The highest BCUT2D eigenvalue weighted by Gasteiger charge is 2.63. The molecule has 3 rings (SSSR count). The summed E-state index contributed by atoms with van der Waals surface area (Å²) in [5.41, 5.74) is 6.60. The van der Waals surface area contributed by atoms with Crippen molar-refractivity contribution in [3.05, 3.63) is 23.8 Å². The number of fused-ring (bicyclic) bond motifs is 2. The zero-order valence-electron chi connectivity index (χ0n) is 7.45.